The molecule has 0 radical (unpaired) electrons. The SMILES string of the molecule is CCc1cccc(C2=CC3COCC(C2)N3C(=O)OC(C)(C)C)c1. The first-order chi connectivity index (χ1) is 11.4. The third-order valence-electron chi connectivity index (χ3n) is 4.51. The van der Waals surface area contributed by atoms with Crippen LogP contribution in [0.25, 0.3) is 5.57 Å². The third kappa shape index (κ3) is 3.64. The van der Waals surface area contributed by atoms with Crippen molar-refractivity contribution in [2.24, 2.45) is 0 Å². The van der Waals surface area contributed by atoms with Gasteiger partial charge in [-0.1, -0.05) is 37.3 Å². The summed E-state index contributed by atoms with van der Waals surface area (Å²) in [5.74, 6) is 0. The van der Waals surface area contributed by atoms with Crippen molar-refractivity contribution in [3.05, 3.63) is 41.5 Å². The van der Waals surface area contributed by atoms with Gasteiger partial charge in [-0.25, -0.2) is 4.79 Å². The molecule has 1 saturated heterocycles. The van der Waals surface area contributed by atoms with Crippen LogP contribution in [0.5, 0.6) is 0 Å². The van der Waals surface area contributed by atoms with E-state index in [0.29, 0.717) is 13.2 Å². The lowest BCUT2D eigenvalue weighted by Gasteiger charge is -2.44. The highest BCUT2D eigenvalue weighted by Crippen LogP contribution is 2.33. The number of aryl methyl sites for hydroxylation is 1. The van der Waals surface area contributed by atoms with Gasteiger partial charge in [0.05, 0.1) is 25.3 Å². The average Bonchev–Trinajstić information content (AvgIpc) is 2.52. The largest absolute Gasteiger partial charge is 0.444 e. The molecule has 2 bridgehead atoms. The summed E-state index contributed by atoms with van der Waals surface area (Å²) in [6, 6.07) is 8.68. The maximum atomic E-state index is 12.6. The minimum absolute atomic E-state index is 0.0453. The molecule has 2 heterocycles. The van der Waals surface area contributed by atoms with Gasteiger partial charge >= 0.3 is 6.09 Å². The molecule has 0 spiro atoms. The Balaban J connectivity index is 1.85. The van der Waals surface area contributed by atoms with Gasteiger partial charge in [-0.05, 0) is 50.3 Å². The summed E-state index contributed by atoms with van der Waals surface area (Å²) in [4.78, 5) is 14.5. The number of carbonyl (C=O) groups is 1. The summed E-state index contributed by atoms with van der Waals surface area (Å²) >= 11 is 0. The summed E-state index contributed by atoms with van der Waals surface area (Å²) in [7, 11) is 0. The molecular formula is C20H27NO3. The van der Waals surface area contributed by atoms with E-state index < -0.39 is 5.60 Å². The van der Waals surface area contributed by atoms with E-state index in [1.54, 1.807) is 0 Å². The Morgan fingerprint density at radius 3 is 2.79 bits per heavy atom. The van der Waals surface area contributed by atoms with Gasteiger partial charge in [-0.3, -0.25) is 4.90 Å². The molecule has 4 nitrogen and oxygen atoms in total. The van der Waals surface area contributed by atoms with E-state index in [9.17, 15) is 4.79 Å². The van der Waals surface area contributed by atoms with Gasteiger partial charge in [0, 0.05) is 0 Å². The van der Waals surface area contributed by atoms with Crippen molar-refractivity contribution in [1.29, 1.82) is 0 Å². The average molecular weight is 329 g/mol. The van der Waals surface area contributed by atoms with Crippen molar-refractivity contribution in [3.63, 3.8) is 0 Å². The standard InChI is InChI=1S/C20H27NO3/c1-5-14-7-6-8-15(9-14)16-10-17-12-23-13-18(11-16)21(17)19(22)24-20(2,3)4/h6-10,17-18H,5,11-13H2,1-4H3. The lowest BCUT2D eigenvalue weighted by molar-refractivity contribution is -0.0510. The topological polar surface area (TPSA) is 38.8 Å². The fourth-order valence-electron chi connectivity index (χ4n) is 3.40. The van der Waals surface area contributed by atoms with Crippen LogP contribution in [0.1, 0.15) is 45.2 Å². The van der Waals surface area contributed by atoms with Gasteiger partial charge < -0.3 is 9.47 Å². The molecule has 4 heteroatoms. The summed E-state index contributed by atoms with van der Waals surface area (Å²) in [5, 5.41) is 0. The van der Waals surface area contributed by atoms with Crippen LogP contribution in [-0.2, 0) is 15.9 Å². The van der Waals surface area contributed by atoms with E-state index in [4.69, 9.17) is 9.47 Å². The van der Waals surface area contributed by atoms with Crippen molar-refractivity contribution in [1.82, 2.24) is 4.90 Å². The second-order valence-corrected chi connectivity index (χ2v) is 7.60. The van der Waals surface area contributed by atoms with Crippen molar-refractivity contribution >= 4 is 11.7 Å². The number of morpholine rings is 1. The number of nitrogens with zero attached hydrogens (tertiary/aromatic N) is 1. The zero-order valence-corrected chi connectivity index (χ0v) is 15.0. The predicted octanol–water partition coefficient (Wildman–Crippen LogP) is 4.04. The molecule has 2 atom stereocenters. The Bertz CT molecular complexity index is 645. The van der Waals surface area contributed by atoms with Gasteiger partial charge in [0.2, 0.25) is 0 Å². The smallest absolute Gasteiger partial charge is 0.411 e. The Kier molecular flexibility index (Phi) is 4.68. The van der Waals surface area contributed by atoms with Gasteiger partial charge in [-0.15, -0.1) is 0 Å². The minimum Gasteiger partial charge on any atom is -0.444 e. The molecule has 2 aliphatic heterocycles. The Morgan fingerprint density at radius 2 is 2.12 bits per heavy atom. The number of fused-ring (bicyclic) bond motifs is 2. The van der Waals surface area contributed by atoms with Gasteiger partial charge in [0.1, 0.15) is 5.60 Å². The molecule has 0 aromatic heterocycles. The normalized spacial score (nSPS) is 23.7. The Morgan fingerprint density at radius 1 is 1.33 bits per heavy atom. The number of rotatable bonds is 2. The maximum Gasteiger partial charge on any atom is 0.411 e. The first-order valence-corrected chi connectivity index (χ1v) is 8.76. The molecule has 1 aromatic carbocycles. The summed E-state index contributed by atoms with van der Waals surface area (Å²) in [5.41, 5.74) is 3.42. The van der Waals surface area contributed by atoms with Crippen molar-refractivity contribution in [2.45, 2.75) is 58.2 Å². The van der Waals surface area contributed by atoms with Crippen LogP contribution in [0.15, 0.2) is 30.3 Å². The zero-order valence-electron chi connectivity index (χ0n) is 15.0. The second-order valence-electron chi connectivity index (χ2n) is 7.60. The molecule has 0 N–H and O–H groups in total. The molecule has 0 saturated carbocycles. The fraction of sp³-hybridized carbons (Fsp3) is 0.550. The highest BCUT2D eigenvalue weighted by Gasteiger charge is 2.40. The molecule has 24 heavy (non-hydrogen) atoms. The van der Waals surface area contributed by atoms with Crippen LogP contribution in [0.2, 0.25) is 0 Å². The monoisotopic (exact) mass is 329 g/mol. The van der Waals surface area contributed by atoms with E-state index in [2.05, 4.69) is 37.3 Å². The predicted molar refractivity (Wildman–Crippen MR) is 94.9 cm³/mol. The molecule has 1 aromatic rings. The lowest BCUT2D eigenvalue weighted by Crippen LogP contribution is -2.57. The maximum absolute atomic E-state index is 12.6. The molecular weight excluding hydrogens is 302 g/mol. The molecule has 3 rings (SSSR count). The zero-order chi connectivity index (χ0) is 17.3. The van der Waals surface area contributed by atoms with Crippen LogP contribution >= 0.6 is 0 Å². The Labute approximate surface area is 144 Å². The van der Waals surface area contributed by atoms with Gasteiger partial charge in [0.25, 0.3) is 0 Å². The van der Waals surface area contributed by atoms with Crippen LogP contribution in [0, 0.1) is 0 Å². The summed E-state index contributed by atoms with van der Waals surface area (Å²) in [6.45, 7) is 8.98. The van der Waals surface area contributed by atoms with Crippen molar-refractivity contribution in [2.75, 3.05) is 13.2 Å². The Hall–Kier alpha value is -1.81. The van der Waals surface area contributed by atoms with Gasteiger partial charge in [0.15, 0.2) is 0 Å². The summed E-state index contributed by atoms with van der Waals surface area (Å²) in [6.07, 6.45) is 3.77. The number of carbonyl (C=O) groups excluding carboxylic acids is 1. The number of hydrogen-bond acceptors (Lipinski definition) is 3. The molecule has 2 unspecified atom stereocenters. The first-order valence-electron chi connectivity index (χ1n) is 8.76. The number of benzene rings is 1. The van der Waals surface area contributed by atoms with Crippen molar-refractivity contribution in [3.8, 4) is 0 Å². The second kappa shape index (κ2) is 6.60. The van der Waals surface area contributed by atoms with E-state index >= 15 is 0 Å². The first kappa shape index (κ1) is 17.0. The third-order valence-corrected chi connectivity index (χ3v) is 4.51. The number of hydrogen-bond donors (Lipinski definition) is 0. The van der Waals surface area contributed by atoms with E-state index in [0.717, 1.165) is 12.8 Å². The van der Waals surface area contributed by atoms with Crippen LogP contribution < -0.4 is 0 Å². The molecule has 2 aliphatic rings. The molecule has 130 valence electrons. The summed E-state index contributed by atoms with van der Waals surface area (Å²) < 4.78 is 11.3. The molecule has 0 aliphatic carbocycles. The highest BCUT2D eigenvalue weighted by molar-refractivity contribution is 5.75. The molecule has 1 amide bonds. The fourth-order valence-corrected chi connectivity index (χ4v) is 3.40. The van der Waals surface area contributed by atoms with Gasteiger partial charge in [-0.2, -0.15) is 0 Å². The van der Waals surface area contributed by atoms with Crippen LogP contribution in [0.4, 0.5) is 4.79 Å². The van der Waals surface area contributed by atoms with Crippen LogP contribution in [-0.4, -0.2) is 41.9 Å². The number of ether oxygens (including phenoxy) is 2. The number of amides is 1. The van der Waals surface area contributed by atoms with Crippen LogP contribution in [0.3, 0.4) is 0 Å². The van der Waals surface area contributed by atoms with E-state index in [-0.39, 0.29) is 18.2 Å². The quantitative estimate of drug-likeness (QED) is 0.822. The van der Waals surface area contributed by atoms with Crippen molar-refractivity contribution < 1.29 is 14.3 Å². The molecule has 1 fully saturated rings. The highest BCUT2D eigenvalue weighted by atomic mass is 16.6. The van der Waals surface area contributed by atoms with E-state index in [1.807, 2.05) is 25.7 Å². The lowest BCUT2D eigenvalue weighted by atomic mass is 9.89. The van der Waals surface area contributed by atoms with E-state index in [1.165, 1.54) is 16.7 Å². The minimum atomic E-state index is -0.480.